The summed E-state index contributed by atoms with van der Waals surface area (Å²) >= 11 is 0. The molecule has 2 fully saturated rings. The van der Waals surface area contributed by atoms with Crippen LogP contribution >= 0.6 is 0 Å². The lowest BCUT2D eigenvalue weighted by molar-refractivity contribution is -0.148. The Hall–Kier alpha value is -3.81. The molecule has 1 aliphatic heterocycles. The molecule has 48 heavy (non-hydrogen) atoms. The van der Waals surface area contributed by atoms with Crippen molar-refractivity contribution in [1.82, 2.24) is 30.7 Å². The van der Waals surface area contributed by atoms with Crippen LogP contribution in [0, 0.1) is 17.7 Å². The fraction of sp³-hybridized carbons (Fsp3) is 0.647. The normalized spacial score (nSPS) is 22.4. The number of nitrogens with one attached hydrogen (secondary N) is 2. The summed E-state index contributed by atoms with van der Waals surface area (Å²) in [5.41, 5.74) is 0.744. The monoisotopic (exact) mass is 676 g/mol. The maximum atomic E-state index is 15.7. The molecule has 0 radical (unpaired) electrons. The van der Waals surface area contributed by atoms with Crippen LogP contribution in [-0.4, -0.2) is 94.3 Å². The van der Waals surface area contributed by atoms with E-state index in [9.17, 15) is 28.0 Å². The highest BCUT2D eigenvalue weighted by Gasteiger charge is 2.40. The third-order valence-electron chi connectivity index (χ3n) is 9.96. The van der Waals surface area contributed by atoms with Crippen molar-refractivity contribution in [3.63, 3.8) is 0 Å². The highest BCUT2D eigenvalue weighted by atomic mass is 19.3. The molecule has 2 aromatic rings. The number of aryl methyl sites for hydroxylation is 1. The molecule has 264 valence electrons. The number of carbonyl (C=O) groups excluding carboxylic acids is 4. The zero-order valence-corrected chi connectivity index (χ0v) is 28.5. The molecule has 0 spiro atoms. The number of benzene rings is 1. The largest absolute Gasteiger partial charge is 0.340 e. The molecule has 1 aliphatic carbocycles. The third kappa shape index (κ3) is 8.80. The van der Waals surface area contributed by atoms with E-state index < -0.39 is 47.5 Å². The lowest BCUT2D eigenvalue weighted by Crippen LogP contribution is -2.59. The smallest absolute Gasteiger partial charge is 0.321 e. The molecule has 14 heteroatoms. The summed E-state index contributed by atoms with van der Waals surface area (Å²) in [6, 6.07) is 1.88. The second-order valence-corrected chi connectivity index (χ2v) is 13.6. The van der Waals surface area contributed by atoms with Crippen molar-refractivity contribution in [2.24, 2.45) is 11.8 Å². The number of piperazine rings is 1. The first-order valence-electron chi connectivity index (χ1n) is 16.7. The molecule has 0 unspecified atom stereocenters. The maximum Gasteiger partial charge on any atom is 0.321 e. The summed E-state index contributed by atoms with van der Waals surface area (Å²) in [5, 5.41) is 12.5. The number of hydrogen-bond donors (Lipinski definition) is 2. The lowest BCUT2D eigenvalue weighted by Gasteiger charge is -2.40. The van der Waals surface area contributed by atoms with E-state index in [1.54, 1.807) is 13.8 Å². The molecule has 11 nitrogen and oxygen atoms in total. The van der Waals surface area contributed by atoms with E-state index in [0.717, 1.165) is 25.7 Å². The summed E-state index contributed by atoms with van der Waals surface area (Å²) in [6.07, 6.45) is 3.33. The molecule has 1 saturated carbocycles. The van der Waals surface area contributed by atoms with E-state index in [-0.39, 0.29) is 35.4 Å². The second kappa shape index (κ2) is 15.6. The van der Waals surface area contributed by atoms with E-state index in [0.29, 0.717) is 50.2 Å². The molecule has 2 N–H and O–H groups in total. The van der Waals surface area contributed by atoms with E-state index in [1.807, 2.05) is 14.0 Å². The number of carbonyl (C=O) groups is 4. The molecule has 2 aliphatic rings. The minimum absolute atomic E-state index is 0.00653. The average molecular weight is 677 g/mol. The number of aromatic nitrogens is 2. The van der Waals surface area contributed by atoms with Gasteiger partial charge in [-0.15, -0.1) is 0 Å². The number of Topliss-reactive ketones (excluding diaryl/α,β-unsaturated/α-hetero) is 1. The number of halogens is 3. The van der Waals surface area contributed by atoms with Crippen LogP contribution < -0.4 is 10.6 Å². The van der Waals surface area contributed by atoms with Gasteiger partial charge in [-0.05, 0) is 67.4 Å². The minimum atomic E-state index is -3.73. The molecular formula is C34H47F3N6O5. The first-order valence-corrected chi connectivity index (χ1v) is 16.7. The van der Waals surface area contributed by atoms with Gasteiger partial charge in [0.1, 0.15) is 17.6 Å². The Morgan fingerprint density at radius 1 is 1.06 bits per heavy atom. The minimum Gasteiger partial charge on any atom is -0.340 e. The predicted octanol–water partition coefficient (Wildman–Crippen LogP) is 3.91. The van der Waals surface area contributed by atoms with E-state index >= 15 is 4.39 Å². The Kier molecular flexibility index (Phi) is 12.0. The van der Waals surface area contributed by atoms with Crippen molar-refractivity contribution in [3.05, 3.63) is 46.5 Å². The molecule has 2 heterocycles. The third-order valence-corrected chi connectivity index (χ3v) is 9.96. The molecule has 0 bridgehead atoms. The van der Waals surface area contributed by atoms with Crippen LogP contribution in [0.4, 0.5) is 13.2 Å². The zero-order chi connectivity index (χ0) is 35.3. The second-order valence-electron chi connectivity index (χ2n) is 13.6. The van der Waals surface area contributed by atoms with Gasteiger partial charge in [-0.1, -0.05) is 50.9 Å². The Bertz CT molecular complexity index is 1470. The van der Waals surface area contributed by atoms with Crippen LogP contribution in [0.3, 0.4) is 0 Å². The SMILES string of the molecule is CCc1nonc1C(=O)N[C@H](C(=O)Cc1ccc([C@H](C)[C@@H](NC(=O)C(C)(F)F)C(=O)N2CCN(C)[C@H](C)C2)cc1F)C1CCC(C)CC1. The van der Waals surface area contributed by atoms with Crippen molar-refractivity contribution in [2.75, 3.05) is 26.7 Å². The van der Waals surface area contributed by atoms with E-state index in [1.165, 1.54) is 23.1 Å². The van der Waals surface area contributed by atoms with Crippen LogP contribution in [0.25, 0.3) is 0 Å². The number of rotatable bonds is 12. The summed E-state index contributed by atoms with van der Waals surface area (Å²) < 4.78 is 48.3. The zero-order valence-electron chi connectivity index (χ0n) is 28.5. The van der Waals surface area contributed by atoms with Gasteiger partial charge in [0, 0.05) is 44.9 Å². The highest BCUT2D eigenvalue weighted by molar-refractivity contribution is 5.97. The molecule has 1 aromatic carbocycles. The van der Waals surface area contributed by atoms with Crippen LogP contribution in [0.2, 0.25) is 0 Å². The van der Waals surface area contributed by atoms with Crippen molar-refractivity contribution < 1.29 is 37.0 Å². The van der Waals surface area contributed by atoms with Crippen molar-refractivity contribution >= 4 is 23.5 Å². The highest BCUT2D eigenvalue weighted by Crippen LogP contribution is 2.32. The first kappa shape index (κ1) is 37.0. The molecule has 1 saturated heterocycles. The topological polar surface area (TPSA) is 138 Å². The Labute approximate surface area is 279 Å². The number of hydrogen-bond acceptors (Lipinski definition) is 8. The number of nitrogens with zero attached hydrogens (tertiary/aromatic N) is 4. The standard InChI is InChI=1S/C34H47F3N6O5/c1-7-26-30(41-48-40-26)31(45)38-29(22-10-8-19(2)9-11-22)27(44)17-24-13-12-23(16-25(24)35)21(4)28(39-33(47)34(5,36)37)32(46)43-15-14-42(6)20(3)18-43/h12-13,16,19-22,28-29H,7-11,14-15,17-18H2,1-6H3,(H,38,45)(H,39,47)/t19?,20-,21+,22?,28-,29+/m1/s1. The summed E-state index contributed by atoms with van der Waals surface area (Å²) in [5.74, 6) is -8.07. The van der Waals surface area contributed by atoms with Gasteiger partial charge < -0.3 is 20.4 Å². The summed E-state index contributed by atoms with van der Waals surface area (Å²) in [6.45, 7) is 9.15. The Balaban J connectivity index is 1.55. The van der Waals surface area contributed by atoms with E-state index in [2.05, 4.69) is 32.8 Å². The van der Waals surface area contributed by atoms with Crippen LogP contribution in [0.5, 0.6) is 0 Å². The van der Waals surface area contributed by atoms with Gasteiger partial charge >= 0.3 is 5.92 Å². The maximum absolute atomic E-state index is 15.7. The van der Waals surface area contributed by atoms with Gasteiger partial charge in [-0.3, -0.25) is 19.2 Å². The Morgan fingerprint density at radius 3 is 2.35 bits per heavy atom. The van der Waals surface area contributed by atoms with Gasteiger partial charge in [0.05, 0.1) is 6.04 Å². The fourth-order valence-corrected chi connectivity index (χ4v) is 6.50. The fourth-order valence-electron chi connectivity index (χ4n) is 6.50. The van der Waals surface area contributed by atoms with Gasteiger partial charge in [0.25, 0.3) is 11.8 Å². The number of amides is 3. The molecular weight excluding hydrogens is 629 g/mol. The van der Waals surface area contributed by atoms with Crippen molar-refractivity contribution in [1.29, 1.82) is 0 Å². The van der Waals surface area contributed by atoms with Crippen molar-refractivity contribution in [3.8, 4) is 0 Å². The van der Waals surface area contributed by atoms with Crippen LogP contribution in [0.1, 0.15) is 93.5 Å². The average Bonchev–Trinajstić information content (AvgIpc) is 3.53. The number of ketones is 1. The molecule has 1 aromatic heterocycles. The van der Waals surface area contributed by atoms with Gasteiger partial charge in [-0.2, -0.15) is 8.78 Å². The molecule has 4 atom stereocenters. The van der Waals surface area contributed by atoms with Crippen LogP contribution in [-0.2, 0) is 27.2 Å². The van der Waals surface area contributed by atoms with Gasteiger partial charge in [0.2, 0.25) is 5.91 Å². The van der Waals surface area contributed by atoms with Gasteiger partial charge in [-0.25, -0.2) is 9.02 Å². The number of likely N-dealkylation sites (N-methyl/N-ethyl adjacent to an activating group) is 1. The quantitative estimate of drug-likeness (QED) is 0.345. The lowest BCUT2D eigenvalue weighted by atomic mass is 9.77. The van der Waals surface area contributed by atoms with E-state index in [4.69, 9.17) is 4.63 Å². The Morgan fingerprint density at radius 2 is 1.75 bits per heavy atom. The molecule has 3 amide bonds. The van der Waals surface area contributed by atoms with Crippen molar-refractivity contribution in [2.45, 2.75) is 103 Å². The van der Waals surface area contributed by atoms with Crippen LogP contribution in [0.15, 0.2) is 22.8 Å². The summed E-state index contributed by atoms with van der Waals surface area (Å²) in [4.78, 5) is 56.5. The molecule has 4 rings (SSSR count). The van der Waals surface area contributed by atoms with Gasteiger partial charge in [0.15, 0.2) is 11.5 Å². The predicted molar refractivity (Wildman–Crippen MR) is 171 cm³/mol. The number of alkyl halides is 2. The summed E-state index contributed by atoms with van der Waals surface area (Å²) in [7, 11) is 1.92. The first-order chi connectivity index (χ1) is 22.6.